The SMILES string of the molecule is COCC(C)c1cnc(OC2CC2)c2cnc(Nc3ccc4c(n3)[C@@H](C)C(C)OC4=O)cc12. The maximum Gasteiger partial charge on any atom is 0.340 e. The van der Waals surface area contributed by atoms with Gasteiger partial charge in [0, 0.05) is 31.3 Å². The van der Waals surface area contributed by atoms with Crippen LogP contribution in [0.4, 0.5) is 11.6 Å². The van der Waals surface area contributed by atoms with Crippen molar-refractivity contribution in [3.63, 3.8) is 0 Å². The molecule has 33 heavy (non-hydrogen) atoms. The number of ether oxygens (including phenoxy) is 3. The maximum atomic E-state index is 12.2. The summed E-state index contributed by atoms with van der Waals surface area (Å²) in [5.41, 5.74) is 2.33. The smallest absolute Gasteiger partial charge is 0.340 e. The van der Waals surface area contributed by atoms with Crippen LogP contribution in [0.1, 0.15) is 67.1 Å². The van der Waals surface area contributed by atoms with Gasteiger partial charge >= 0.3 is 5.97 Å². The monoisotopic (exact) mass is 448 g/mol. The summed E-state index contributed by atoms with van der Waals surface area (Å²) in [6.45, 7) is 6.60. The molecule has 4 heterocycles. The van der Waals surface area contributed by atoms with Gasteiger partial charge in [0.25, 0.3) is 0 Å². The minimum Gasteiger partial charge on any atom is -0.474 e. The molecule has 0 aromatic carbocycles. The Morgan fingerprint density at radius 1 is 1.15 bits per heavy atom. The summed E-state index contributed by atoms with van der Waals surface area (Å²) in [6, 6.07) is 5.53. The van der Waals surface area contributed by atoms with E-state index in [1.54, 1.807) is 25.4 Å². The normalized spacial score (nSPS) is 20.8. The van der Waals surface area contributed by atoms with Crippen LogP contribution < -0.4 is 10.1 Å². The topological polar surface area (TPSA) is 95.5 Å². The van der Waals surface area contributed by atoms with E-state index in [9.17, 15) is 4.79 Å². The summed E-state index contributed by atoms with van der Waals surface area (Å²) in [5.74, 6) is 1.75. The first-order valence-corrected chi connectivity index (χ1v) is 11.4. The summed E-state index contributed by atoms with van der Waals surface area (Å²) < 4.78 is 16.8. The Hall–Kier alpha value is -3.26. The van der Waals surface area contributed by atoms with Crippen molar-refractivity contribution in [2.45, 2.75) is 57.7 Å². The highest BCUT2D eigenvalue weighted by atomic mass is 16.5. The van der Waals surface area contributed by atoms with E-state index in [0.717, 1.165) is 34.9 Å². The molecule has 0 radical (unpaired) electrons. The summed E-state index contributed by atoms with van der Waals surface area (Å²) in [5, 5.41) is 5.21. The zero-order chi connectivity index (χ0) is 23.1. The molecule has 1 aliphatic heterocycles. The predicted octanol–water partition coefficient (Wildman–Crippen LogP) is 4.72. The fraction of sp³-hybridized carbons (Fsp3) is 0.440. The van der Waals surface area contributed by atoms with Crippen molar-refractivity contribution >= 4 is 28.4 Å². The van der Waals surface area contributed by atoms with Gasteiger partial charge in [0.2, 0.25) is 5.88 Å². The summed E-state index contributed by atoms with van der Waals surface area (Å²) >= 11 is 0. The summed E-state index contributed by atoms with van der Waals surface area (Å²) in [4.78, 5) is 26.1. The molecule has 3 aromatic heterocycles. The van der Waals surface area contributed by atoms with Crippen LogP contribution in [-0.4, -0.2) is 46.8 Å². The highest BCUT2D eigenvalue weighted by Gasteiger charge is 2.31. The van der Waals surface area contributed by atoms with Crippen molar-refractivity contribution in [2.75, 3.05) is 19.0 Å². The minimum absolute atomic E-state index is 0.0127. The number of nitrogens with zero attached hydrogens (tertiary/aromatic N) is 3. The van der Waals surface area contributed by atoms with Crippen molar-refractivity contribution in [1.82, 2.24) is 15.0 Å². The van der Waals surface area contributed by atoms with Crippen LogP contribution in [0.25, 0.3) is 10.8 Å². The van der Waals surface area contributed by atoms with Gasteiger partial charge in [-0.1, -0.05) is 13.8 Å². The second kappa shape index (κ2) is 8.59. The second-order valence-corrected chi connectivity index (χ2v) is 8.96. The number of cyclic esters (lactones) is 1. The molecule has 5 rings (SSSR count). The van der Waals surface area contributed by atoms with Crippen molar-refractivity contribution < 1.29 is 19.0 Å². The lowest BCUT2D eigenvalue weighted by atomic mass is 9.94. The summed E-state index contributed by atoms with van der Waals surface area (Å²) in [7, 11) is 1.70. The number of carbonyl (C=O) groups is 1. The first-order chi connectivity index (χ1) is 15.9. The van der Waals surface area contributed by atoms with Gasteiger partial charge in [-0.2, -0.15) is 0 Å². The van der Waals surface area contributed by atoms with Gasteiger partial charge < -0.3 is 19.5 Å². The number of hydrogen-bond acceptors (Lipinski definition) is 8. The molecular formula is C25H28N4O4. The van der Waals surface area contributed by atoms with Gasteiger partial charge in [0.1, 0.15) is 23.8 Å². The van der Waals surface area contributed by atoms with Crippen LogP contribution in [0.2, 0.25) is 0 Å². The van der Waals surface area contributed by atoms with E-state index in [4.69, 9.17) is 19.2 Å². The van der Waals surface area contributed by atoms with Gasteiger partial charge in [0.15, 0.2) is 0 Å². The molecule has 0 amide bonds. The number of hydrogen-bond donors (Lipinski definition) is 1. The zero-order valence-corrected chi connectivity index (χ0v) is 19.3. The Labute approximate surface area is 192 Å². The first kappa shape index (κ1) is 21.6. The summed E-state index contributed by atoms with van der Waals surface area (Å²) in [6.07, 6.45) is 5.83. The molecule has 0 saturated heterocycles. The Kier molecular flexibility index (Phi) is 5.62. The number of nitrogens with one attached hydrogen (secondary N) is 1. The fourth-order valence-electron chi connectivity index (χ4n) is 4.12. The molecule has 172 valence electrons. The quantitative estimate of drug-likeness (QED) is 0.519. The molecule has 0 spiro atoms. The van der Waals surface area contributed by atoms with Gasteiger partial charge in [-0.3, -0.25) is 0 Å². The van der Waals surface area contributed by atoms with E-state index < -0.39 is 0 Å². The second-order valence-electron chi connectivity index (χ2n) is 8.96. The van der Waals surface area contributed by atoms with E-state index >= 15 is 0 Å². The molecule has 3 aromatic rings. The first-order valence-electron chi connectivity index (χ1n) is 11.4. The number of rotatable bonds is 7. The number of aromatic nitrogens is 3. The molecule has 3 atom stereocenters. The van der Waals surface area contributed by atoms with Crippen molar-refractivity contribution in [3.05, 3.63) is 47.4 Å². The van der Waals surface area contributed by atoms with Crippen molar-refractivity contribution in [3.8, 4) is 5.88 Å². The van der Waals surface area contributed by atoms with Crippen LogP contribution in [-0.2, 0) is 9.47 Å². The number of anilines is 2. The highest BCUT2D eigenvalue weighted by Crippen LogP contribution is 2.36. The number of methoxy groups -OCH3 is 1. The number of carbonyl (C=O) groups excluding carboxylic acids is 1. The lowest BCUT2D eigenvalue weighted by Gasteiger charge is -2.27. The van der Waals surface area contributed by atoms with E-state index in [2.05, 4.69) is 22.2 Å². The average Bonchev–Trinajstić information content (AvgIpc) is 3.62. The lowest BCUT2D eigenvalue weighted by molar-refractivity contribution is 0.0235. The molecule has 2 aliphatic rings. The van der Waals surface area contributed by atoms with Gasteiger partial charge in [-0.25, -0.2) is 19.7 Å². The molecule has 0 bridgehead atoms. The largest absolute Gasteiger partial charge is 0.474 e. The van der Waals surface area contributed by atoms with Crippen molar-refractivity contribution in [1.29, 1.82) is 0 Å². The van der Waals surface area contributed by atoms with Crippen LogP contribution >= 0.6 is 0 Å². The van der Waals surface area contributed by atoms with E-state index in [-0.39, 0.29) is 30.0 Å². The van der Waals surface area contributed by atoms with Crippen LogP contribution in [0, 0.1) is 0 Å². The molecule has 8 nitrogen and oxygen atoms in total. The predicted molar refractivity (Wildman–Crippen MR) is 124 cm³/mol. The molecule has 2 unspecified atom stereocenters. The lowest BCUT2D eigenvalue weighted by Crippen LogP contribution is -2.29. The molecule has 1 N–H and O–H groups in total. The van der Waals surface area contributed by atoms with Gasteiger partial charge in [-0.15, -0.1) is 0 Å². The number of pyridine rings is 3. The van der Waals surface area contributed by atoms with E-state index in [0.29, 0.717) is 29.7 Å². The Balaban J connectivity index is 1.51. The van der Waals surface area contributed by atoms with E-state index in [1.807, 2.05) is 26.1 Å². The number of esters is 1. The fourth-order valence-corrected chi connectivity index (χ4v) is 4.12. The number of fused-ring (bicyclic) bond motifs is 2. The Morgan fingerprint density at radius 3 is 2.73 bits per heavy atom. The van der Waals surface area contributed by atoms with Crippen molar-refractivity contribution in [2.24, 2.45) is 0 Å². The average molecular weight is 449 g/mol. The highest BCUT2D eigenvalue weighted by molar-refractivity contribution is 5.93. The van der Waals surface area contributed by atoms with E-state index in [1.165, 1.54) is 0 Å². The molecule has 1 aliphatic carbocycles. The third-order valence-electron chi connectivity index (χ3n) is 6.35. The van der Waals surface area contributed by atoms with Gasteiger partial charge in [0.05, 0.1) is 23.3 Å². The van der Waals surface area contributed by atoms with Gasteiger partial charge in [-0.05, 0) is 48.9 Å². The third-order valence-corrected chi connectivity index (χ3v) is 6.35. The Morgan fingerprint density at radius 2 is 1.97 bits per heavy atom. The van der Waals surface area contributed by atoms with Crippen LogP contribution in [0.3, 0.4) is 0 Å². The molecule has 1 fully saturated rings. The molecule has 1 saturated carbocycles. The third kappa shape index (κ3) is 4.23. The van der Waals surface area contributed by atoms with Crippen LogP contribution in [0.5, 0.6) is 5.88 Å². The van der Waals surface area contributed by atoms with Crippen LogP contribution in [0.15, 0.2) is 30.6 Å². The molecular weight excluding hydrogens is 420 g/mol. The maximum absolute atomic E-state index is 12.2. The zero-order valence-electron chi connectivity index (χ0n) is 19.3. The molecule has 8 heteroatoms. The Bertz CT molecular complexity index is 1210. The standard InChI is InChI=1S/C25H28N4O4/c1-13(12-31-4)19-10-27-24(33-16-5-6-16)20-11-26-22(9-18(19)20)28-21-8-7-17-23(29-21)14(2)15(3)32-25(17)30/h7-11,13-16H,5-6,12H2,1-4H3,(H,26,28,29)/t13?,14-,15?/m0/s1. The minimum atomic E-state index is -0.328.